The van der Waals surface area contributed by atoms with Crippen LogP contribution in [0.15, 0.2) is 47.6 Å². The Morgan fingerprint density at radius 2 is 1.38 bits per heavy atom. The highest BCUT2D eigenvalue weighted by Gasteiger charge is 2.23. The summed E-state index contributed by atoms with van der Waals surface area (Å²) in [5.74, 6) is 1.37. The van der Waals surface area contributed by atoms with E-state index in [1.807, 2.05) is 0 Å². The first-order valence-electron chi connectivity index (χ1n) is 5.18. The first-order chi connectivity index (χ1) is 6.42. The molecule has 3 aliphatic carbocycles. The Bertz CT molecular complexity index is 305. The summed E-state index contributed by atoms with van der Waals surface area (Å²) in [6.45, 7) is 0. The molecule has 0 heteroatoms. The van der Waals surface area contributed by atoms with E-state index in [4.69, 9.17) is 0 Å². The molecule has 1 fully saturated rings. The molecule has 3 rings (SSSR count). The summed E-state index contributed by atoms with van der Waals surface area (Å²) >= 11 is 0. The molecule has 0 aromatic rings. The SMILES string of the molecule is C1=CC2C=C3CCC3=CC(C=C1)C2. The molecule has 0 N–H and O–H groups in total. The van der Waals surface area contributed by atoms with Crippen molar-refractivity contribution in [1.82, 2.24) is 0 Å². The first-order valence-corrected chi connectivity index (χ1v) is 5.18. The molecule has 0 aromatic heterocycles. The average molecular weight is 170 g/mol. The largest absolute Gasteiger partial charge is 0.0776 e. The van der Waals surface area contributed by atoms with Gasteiger partial charge in [0, 0.05) is 0 Å². The van der Waals surface area contributed by atoms with E-state index in [2.05, 4.69) is 36.5 Å². The quantitative estimate of drug-likeness (QED) is 0.522. The zero-order valence-electron chi connectivity index (χ0n) is 7.74. The van der Waals surface area contributed by atoms with Crippen molar-refractivity contribution < 1.29 is 0 Å². The Morgan fingerprint density at radius 3 is 1.85 bits per heavy atom. The van der Waals surface area contributed by atoms with Crippen LogP contribution in [-0.4, -0.2) is 0 Å². The minimum atomic E-state index is 0.684. The van der Waals surface area contributed by atoms with Gasteiger partial charge in [-0.05, 0) is 42.2 Å². The third-order valence-corrected chi connectivity index (χ3v) is 3.28. The lowest BCUT2D eigenvalue weighted by molar-refractivity contribution is 0.635. The number of allylic oxidation sites excluding steroid dienone is 8. The van der Waals surface area contributed by atoms with Crippen molar-refractivity contribution in [2.75, 3.05) is 0 Å². The molecule has 0 aliphatic heterocycles. The summed E-state index contributed by atoms with van der Waals surface area (Å²) in [5, 5.41) is 0. The molecule has 0 nitrogen and oxygen atoms in total. The van der Waals surface area contributed by atoms with E-state index in [0.717, 1.165) is 0 Å². The van der Waals surface area contributed by atoms with Crippen LogP contribution in [-0.2, 0) is 0 Å². The molecule has 2 unspecified atom stereocenters. The molecule has 2 atom stereocenters. The molecule has 1 saturated carbocycles. The second-order valence-electron chi connectivity index (χ2n) is 4.22. The molecule has 2 bridgehead atoms. The maximum absolute atomic E-state index is 2.47. The Kier molecular flexibility index (Phi) is 1.55. The molecule has 0 spiro atoms. The minimum Gasteiger partial charge on any atom is -0.0776 e. The van der Waals surface area contributed by atoms with Gasteiger partial charge in [-0.1, -0.05) is 36.5 Å². The topological polar surface area (TPSA) is 0 Å². The van der Waals surface area contributed by atoms with Crippen LogP contribution in [0.2, 0.25) is 0 Å². The predicted molar refractivity (Wildman–Crippen MR) is 55.3 cm³/mol. The molecule has 13 heavy (non-hydrogen) atoms. The average Bonchev–Trinajstić information content (AvgIpc) is 2.38. The second kappa shape index (κ2) is 2.73. The minimum absolute atomic E-state index is 0.684. The second-order valence-corrected chi connectivity index (χ2v) is 4.22. The van der Waals surface area contributed by atoms with Gasteiger partial charge in [0.1, 0.15) is 0 Å². The Morgan fingerprint density at radius 1 is 0.846 bits per heavy atom. The smallest absolute Gasteiger partial charge is 0.00359 e. The maximum Gasteiger partial charge on any atom is -0.00359 e. The number of hydrogen-bond acceptors (Lipinski definition) is 0. The van der Waals surface area contributed by atoms with Crippen LogP contribution in [0.5, 0.6) is 0 Å². The van der Waals surface area contributed by atoms with Gasteiger partial charge in [-0.15, -0.1) is 0 Å². The van der Waals surface area contributed by atoms with Crippen molar-refractivity contribution in [3.05, 3.63) is 47.6 Å². The van der Waals surface area contributed by atoms with Crippen LogP contribution < -0.4 is 0 Å². The summed E-state index contributed by atoms with van der Waals surface area (Å²) in [5.41, 5.74) is 3.24. The first kappa shape index (κ1) is 7.37. The lowest BCUT2D eigenvalue weighted by Crippen LogP contribution is -2.03. The maximum atomic E-state index is 2.47. The lowest BCUT2D eigenvalue weighted by Gasteiger charge is -2.21. The van der Waals surface area contributed by atoms with Crippen molar-refractivity contribution in [3.63, 3.8) is 0 Å². The monoisotopic (exact) mass is 170 g/mol. The van der Waals surface area contributed by atoms with Gasteiger partial charge in [0.15, 0.2) is 0 Å². The van der Waals surface area contributed by atoms with Crippen molar-refractivity contribution in [2.45, 2.75) is 19.3 Å². The Balaban J connectivity index is 2.02. The summed E-state index contributed by atoms with van der Waals surface area (Å²) in [6.07, 6.45) is 17.9. The lowest BCUT2D eigenvalue weighted by atomic mass is 9.84. The zero-order valence-corrected chi connectivity index (χ0v) is 7.74. The van der Waals surface area contributed by atoms with Gasteiger partial charge in [0.25, 0.3) is 0 Å². The summed E-state index contributed by atoms with van der Waals surface area (Å²) in [4.78, 5) is 0. The zero-order chi connectivity index (χ0) is 8.67. The molecule has 0 amide bonds. The van der Waals surface area contributed by atoms with Gasteiger partial charge in [-0.2, -0.15) is 0 Å². The summed E-state index contributed by atoms with van der Waals surface area (Å²) < 4.78 is 0. The number of rotatable bonds is 0. The van der Waals surface area contributed by atoms with Gasteiger partial charge >= 0.3 is 0 Å². The molecular formula is C13H14. The van der Waals surface area contributed by atoms with E-state index < -0.39 is 0 Å². The van der Waals surface area contributed by atoms with Crippen LogP contribution in [0.3, 0.4) is 0 Å². The Labute approximate surface area is 79.3 Å². The molecule has 0 saturated heterocycles. The van der Waals surface area contributed by atoms with Gasteiger partial charge in [0.05, 0.1) is 0 Å². The molecule has 66 valence electrons. The fraction of sp³-hybridized carbons (Fsp3) is 0.385. The van der Waals surface area contributed by atoms with Crippen molar-refractivity contribution in [1.29, 1.82) is 0 Å². The highest BCUT2D eigenvalue weighted by Crippen LogP contribution is 2.39. The molecular weight excluding hydrogens is 156 g/mol. The Hall–Kier alpha value is -1.04. The van der Waals surface area contributed by atoms with Gasteiger partial charge in [-0.25, -0.2) is 0 Å². The van der Waals surface area contributed by atoms with Crippen LogP contribution in [0, 0.1) is 11.8 Å². The van der Waals surface area contributed by atoms with E-state index in [9.17, 15) is 0 Å². The van der Waals surface area contributed by atoms with Crippen molar-refractivity contribution >= 4 is 0 Å². The van der Waals surface area contributed by atoms with E-state index in [1.54, 1.807) is 11.1 Å². The predicted octanol–water partition coefficient (Wildman–Crippen LogP) is 3.40. The fourth-order valence-corrected chi connectivity index (χ4v) is 2.44. The van der Waals surface area contributed by atoms with Gasteiger partial charge in [0.2, 0.25) is 0 Å². The fourth-order valence-electron chi connectivity index (χ4n) is 2.44. The van der Waals surface area contributed by atoms with E-state index in [0.29, 0.717) is 11.8 Å². The van der Waals surface area contributed by atoms with E-state index in [-0.39, 0.29) is 0 Å². The molecule has 0 aromatic carbocycles. The third-order valence-electron chi connectivity index (χ3n) is 3.28. The van der Waals surface area contributed by atoms with Gasteiger partial charge < -0.3 is 0 Å². The van der Waals surface area contributed by atoms with Crippen molar-refractivity contribution in [2.24, 2.45) is 11.8 Å². The van der Waals surface area contributed by atoms with Crippen LogP contribution in [0.1, 0.15) is 19.3 Å². The van der Waals surface area contributed by atoms with Crippen LogP contribution >= 0.6 is 0 Å². The third kappa shape index (κ3) is 1.21. The van der Waals surface area contributed by atoms with Gasteiger partial charge in [-0.3, -0.25) is 0 Å². The van der Waals surface area contributed by atoms with Crippen molar-refractivity contribution in [3.8, 4) is 0 Å². The summed E-state index contributed by atoms with van der Waals surface area (Å²) in [7, 11) is 0. The molecule has 0 heterocycles. The molecule has 3 aliphatic rings. The number of hydrogen-bond donors (Lipinski definition) is 0. The van der Waals surface area contributed by atoms with Crippen LogP contribution in [0.25, 0.3) is 0 Å². The standard InChI is InChI=1S/C13H14/c1-2-4-11-7-10(3-1)8-12-5-6-13(12)9-11/h1-4,8-11H,5-7H2. The highest BCUT2D eigenvalue weighted by molar-refractivity contribution is 5.43. The normalized spacial score (nSPS) is 35.1. The summed E-state index contributed by atoms with van der Waals surface area (Å²) in [6, 6.07) is 0. The molecule has 0 radical (unpaired) electrons. The van der Waals surface area contributed by atoms with E-state index in [1.165, 1.54) is 19.3 Å². The van der Waals surface area contributed by atoms with E-state index >= 15 is 0 Å². The number of fused-ring (bicyclic) bond motifs is 3. The highest BCUT2D eigenvalue weighted by atomic mass is 14.3. The van der Waals surface area contributed by atoms with Crippen LogP contribution in [0.4, 0.5) is 0 Å².